The number of aromatic nitrogens is 2. The lowest BCUT2D eigenvalue weighted by molar-refractivity contribution is 0.414. The number of methoxy groups -OCH3 is 1. The minimum absolute atomic E-state index is 0.135. The number of nitrogens with zero attached hydrogens (tertiary/aromatic N) is 2. The van der Waals surface area contributed by atoms with Crippen molar-refractivity contribution in [1.29, 1.82) is 5.26 Å². The number of benzene rings is 2. The topological polar surface area (TPSA) is 78.8 Å². The number of hydrogen-bond acceptors (Lipinski definition) is 5. The second kappa shape index (κ2) is 10.2. The molecular formula is C23H21Cl2N3O2S. The Bertz CT molecular complexity index is 1150. The van der Waals surface area contributed by atoms with Gasteiger partial charge in [0.2, 0.25) is 0 Å². The van der Waals surface area contributed by atoms with Crippen LogP contribution in [0.5, 0.6) is 5.75 Å². The SMILES string of the molecule is COc1ccc(CSc2nc(C(C#N)c3c(Cl)cccc3Cl)c(C(C)C)c(=O)[nH]2)cc1. The highest BCUT2D eigenvalue weighted by molar-refractivity contribution is 7.98. The summed E-state index contributed by atoms with van der Waals surface area (Å²) in [6.07, 6.45) is 0. The van der Waals surface area contributed by atoms with Gasteiger partial charge in [-0.2, -0.15) is 5.26 Å². The summed E-state index contributed by atoms with van der Waals surface area (Å²) in [6.45, 7) is 3.78. The molecule has 5 nitrogen and oxygen atoms in total. The van der Waals surface area contributed by atoms with E-state index in [0.29, 0.717) is 37.8 Å². The number of aromatic amines is 1. The largest absolute Gasteiger partial charge is 0.497 e. The Morgan fingerprint density at radius 3 is 2.32 bits per heavy atom. The van der Waals surface area contributed by atoms with E-state index in [1.807, 2.05) is 38.1 Å². The molecule has 2 aromatic carbocycles. The van der Waals surface area contributed by atoms with Gasteiger partial charge in [0.05, 0.1) is 18.9 Å². The van der Waals surface area contributed by atoms with Gasteiger partial charge in [-0.3, -0.25) is 4.79 Å². The zero-order valence-electron chi connectivity index (χ0n) is 17.3. The lowest BCUT2D eigenvalue weighted by Gasteiger charge is -2.18. The third-order valence-corrected chi connectivity index (χ3v) is 6.37. The molecule has 0 saturated heterocycles. The molecule has 1 aromatic heterocycles. The van der Waals surface area contributed by atoms with Crippen LogP contribution in [0.25, 0.3) is 0 Å². The van der Waals surface area contributed by atoms with Gasteiger partial charge in [-0.1, -0.05) is 67.0 Å². The molecule has 0 aliphatic heterocycles. The van der Waals surface area contributed by atoms with E-state index in [-0.39, 0.29) is 11.5 Å². The van der Waals surface area contributed by atoms with Gasteiger partial charge in [-0.15, -0.1) is 0 Å². The van der Waals surface area contributed by atoms with Crippen LogP contribution in [0.2, 0.25) is 10.0 Å². The number of thioether (sulfide) groups is 1. The highest BCUT2D eigenvalue weighted by Crippen LogP contribution is 2.37. The quantitative estimate of drug-likeness (QED) is 0.328. The number of nitriles is 1. The number of rotatable bonds is 7. The van der Waals surface area contributed by atoms with Gasteiger partial charge in [0, 0.05) is 26.9 Å². The molecular weight excluding hydrogens is 453 g/mol. The molecule has 0 amide bonds. The van der Waals surface area contributed by atoms with Crippen molar-refractivity contribution in [3.05, 3.63) is 85.2 Å². The van der Waals surface area contributed by atoms with Crippen LogP contribution in [-0.4, -0.2) is 17.1 Å². The smallest absolute Gasteiger partial charge is 0.255 e. The average Bonchev–Trinajstić information content (AvgIpc) is 2.74. The fourth-order valence-electron chi connectivity index (χ4n) is 3.25. The normalized spacial score (nSPS) is 11.9. The molecule has 0 fully saturated rings. The molecule has 0 bridgehead atoms. The van der Waals surface area contributed by atoms with Crippen molar-refractivity contribution in [2.24, 2.45) is 0 Å². The summed E-state index contributed by atoms with van der Waals surface area (Å²) < 4.78 is 5.18. The minimum Gasteiger partial charge on any atom is -0.497 e. The van der Waals surface area contributed by atoms with E-state index in [4.69, 9.17) is 27.9 Å². The highest BCUT2D eigenvalue weighted by Gasteiger charge is 2.27. The average molecular weight is 474 g/mol. The lowest BCUT2D eigenvalue weighted by atomic mass is 9.90. The van der Waals surface area contributed by atoms with Crippen LogP contribution in [-0.2, 0) is 5.75 Å². The van der Waals surface area contributed by atoms with E-state index in [0.717, 1.165) is 11.3 Å². The van der Waals surface area contributed by atoms with Crippen LogP contribution in [0.4, 0.5) is 0 Å². The molecule has 3 rings (SSSR count). The van der Waals surface area contributed by atoms with Crippen molar-refractivity contribution in [3.8, 4) is 11.8 Å². The molecule has 1 atom stereocenters. The van der Waals surface area contributed by atoms with E-state index in [9.17, 15) is 10.1 Å². The van der Waals surface area contributed by atoms with Gasteiger partial charge < -0.3 is 9.72 Å². The van der Waals surface area contributed by atoms with Crippen LogP contribution in [0.3, 0.4) is 0 Å². The molecule has 160 valence electrons. The summed E-state index contributed by atoms with van der Waals surface area (Å²) in [7, 11) is 1.62. The Labute approximate surface area is 195 Å². The number of ether oxygens (including phenoxy) is 1. The Morgan fingerprint density at radius 2 is 1.77 bits per heavy atom. The fraction of sp³-hybridized carbons (Fsp3) is 0.261. The summed E-state index contributed by atoms with van der Waals surface area (Å²) in [6, 6.07) is 15.0. The second-order valence-electron chi connectivity index (χ2n) is 7.16. The van der Waals surface area contributed by atoms with E-state index in [1.165, 1.54) is 11.8 Å². The third kappa shape index (κ3) is 5.24. The van der Waals surface area contributed by atoms with Crippen LogP contribution >= 0.6 is 35.0 Å². The summed E-state index contributed by atoms with van der Waals surface area (Å²) in [5.41, 5.74) is 2.08. The second-order valence-corrected chi connectivity index (χ2v) is 8.94. The Kier molecular flexibility index (Phi) is 7.66. The fourth-order valence-corrected chi connectivity index (χ4v) is 4.69. The van der Waals surface area contributed by atoms with Gasteiger partial charge in [-0.05, 0) is 35.7 Å². The zero-order chi connectivity index (χ0) is 22.5. The van der Waals surface area contributed by atoms with Crippen LogP contribution in [0.15, 0.2) is 52.4 Å². The van der Waals surface area contributed by atoms with E-state index in [2.05, 4.69) is 16.0 Å². The number of hydrogen-bond donors (Lipinski definition) is 1. The predicted octanol–water partition coefficient (Wildman–Crippen LogP) is 6.16. The van der Waals surface area contributed by atoms with Crippen LogP contribution < -0.4 is 10.3 Å². The van der Waals surface area contributed by atoms with Crippen molar-refractivity contribution in [3.63, 3.8) is 0 Å². The molecule has 0 radical (unpaired) electrons. The third-order valence-electron chi connectivity index (χ3n) is 4.77. The minimum atomic E-state index is -0.860. The van der Waals surface area contributed by atoms with Gasteiger partial charge in [-0.25, -0.2) is 4.98 Å². The molecule has 8 heteroatoms. The summed E-state index contributed by atoms with van der Waals surface area (Å²) in [4.78, 5) is 20.4. The maximum Gasteiger partial charge on any atom is 0.255 e. The summed E-state index contributed by atoms with van der Waals surface area (Å²) in [5, 5.41) is 11.2. The zero-order valence-corrected chi connectivity index (χ0v) is 19.6. The summed E-state index contributed by atoms with van der Waals surface area (Å²) >= 11 is 14.1. The molecule has 0 aliphatic rings. The first-order valence-electron chi connectivity index (χ1n) is 9.59. The predicted molar refractivity (Wildman–Crippen MR) is 125 cm³/mol. The molecule has 1 heterocycles. The number of halogens is 2. The van der Waals surface area contributed by atoms with E-state index in [1.54, 1.807) is 25.3 Å². The van der Waals surface area contributed by atoms with Gasteiger partial charge in [0.15, 0.2) is 5.16 Å². The highest BCUT2D eigenvalue weighted by atomic mass is 35.5. The summed E-state index contributed by atoms with van der Waals surface area (Å²) in [5.74, 6) is 0.375. The first kappa shape index (κ1) is 23.2. The number of H-pyrrole nitrogens is 1. The maximum atomic E-state index is 12.9. The van der Waals surface area contributed by atoms with Crippen molar-refractivity contribution in [1.82, 2.24) is 9.97 Å². The van der Waals surface area contributed by atoms with Crippen molar-refractivity contribution >= 4 is 35.0 Å². The molecule has 0 aliphatic carbocycles. The van der Waals surface area contributed by atoms with Gasteiger partial charge in [0.1, 0.15) is 11.7 Å². The van der Waals surface area contributed by atoms with E-state index < -0.39 is 5.92 Å². The first-order valence-corrected chi connectivity index (χ1v) is 11.3. The van der Waals surface area contributed by atoms with Crippen LogP contribution in [0.1, 0.15) is 48.1 Å². The van der Waals surface area contributed by atoms with E-state index >= 15 is 0 Å². The molecule has 1 unspecified atom stereocenters. The molecule has 3 aromatic rings. The molecule has 0 spiro atoms. The lowest BCUT2D eigenvalue weighted by Crippen LogP contribution is -2.22. The van der Waals surface area contributed by atoms with Gasteiger partial charge in [0.25, 0.3) is 5.56 Å². The Hall–Kier alpha value is -2.46. The Balaban J connectivity index is 2.02. The molecule has 31 heavy (non-hydrogen) atoms. The van der Waals surface area contributed by atoms with Crippen molar-refractivity contribution in [2.75, 3.05) is 7.11 Å². The number of nitrogens with one attached hydrogen (secondary N) is 1. The maximum absolute atomic E-state index is 12.9. The van der Waals surface area contributed by atoms with Crippen LogP contribution in [0, 0.1) is 11.3 Å². The monoisotopic (exact) mass is 473 g/mol. The Morgan fingerprint density at radius 1 is 1.13 bits per heavy atom. The van der Waals surface area contributed by atoms with Crippen molar-refractivity contribution < 1.29 is 4.74 Å². The molecule has 0 saturated carbocycles. The van der Waals surface area contributed by atoms with Crippen molar-refractivity contribution in [2.45, 2.75) is 36.6 Å². The standard InChI is InChI=1S/C23H21Cl2N3O2S/c1-13(2)19-21(16(11-26)20-17(24)5-4-6-18(20)25)27-23(28-22(19)29)31-12-14-7-9-15(30-3)10-8-14/h4-10,13,16H,12H2,1-3H3,(H,27,28,29). The molecule has 1 N–H and O–H groups in total. The van der Waals surface area contributed by atoms with Gasteiger partial charge >= 0.3 is 0 Å². The first-order chi connectivity index (χ1) is 14.8.